The van der Waals surface area contributed by atoms with Crippen LogP contribution >= 0.6 is 0 Å². The average molecular weight is 490 g/mol. The smallest absolute Gasteiger partial charge is 0.338 e. The van der Waals surface area contributed by atoms with Crippen molar-refractivity contribution in [1.29, 1.82) is 0 Å². The van der Waals surface area contributed by atoms with Crippen LogP contribution in [0, 0.1) is 6.92 Å². The molecule has 0 unspecified atom stereocenters. The maximum Gasteiger partial charge on any atom is 0.338 e. The molecule has 2 amide bonds. The highest BCUT2D eigenvalue weighted by molar-refractivity contribution is 7.89. The summed E-state index contributed by atoms with van der Waals surface area (Å²) in [7, 11) is -3.81. The number of nitrogens with one attached hydrogen (secondary N) is 2. The summed E-state index contributed by atoms with van der Waals surface area (Å²) < 4.78 is 37.9. The van der Waals surface area contributed by atoms with Gasteiger partial charge in [0.15, 0.2) is 6.10 Å². The highest BCUT2D eigenvalue weighted by atomic mass is 32.2. The summed E-state index contributed by atoms with van der Waals surface area (Å²) >= 11 is 0. The van der Waals surface area contributed by atoms with Gasteiger partial charge in [-0.15, -0.1) is 0 Å². The third-order valence-electron chi connectivity index (χ3n) is 5.14. The Hall–Kier alpha value is -3.28. The van der Waals surface area contributed by atoms with Crippen LogP contribution in [0.25, 0.3) is 0 Å². The summed E-state index contributed by atoms with van der Waals surface area (Å²) in [5, 5.41) is 5.24. The number of amides is 2. The van der Waals surface area contributed by atoms with Crippen LogP contribution in [0.5, 0.6) is 0 Å². The monoisotopic (exact) mass is 489 g/mol. The van der Waals surface area contributed by atoms with Crippen molar-refractivity contribution in [2.75, 3.05) is 36.9 Å². The van der Waals surface area contributed by atoms with Gasteiger partial charge in [-0.2, -0.15) is 4.31 Å². The lowest BCUT2D eigenvalue weighted by Crippen LogP contribution is -2.40. The van der Waals surface area contributed by atoms with Crippen LogP contribution in [-0.2, 0) is 29.1 Å². The van der Waals surface area contributed by atoms with Gasteiger partial charge in [0, 0.05) is 31.4 Å². The van der Waals surface area contributed by atoms with Crippen molar-refractivity contribution in [2.24, 2.45) is 0 Å². The number of nitrogens with zero attached hydrogens (tertiary/aromatic N) is 1. The number of morpholine rings is 1. The summed E-state index contributed by atoms with van der Waals surface area (Å²) in [5.74, 6) is -1.59. The van der Waals surface area contributed by atoms with Crippen molar-refractivity contribution >= 4 is 39.2 Å². The minimum absolute atomic E-state index is 0.0141. The molecule has 10 nitrogen and oxygen atoms in total. The number of hydrogen-bond donors (Lipinski definition) is 2. The first kappa shape index (κ1) is 25.3. The van der Waals surface area contributed by atoms with Gasteiger partial charge in [-0.05, 0) is 55.8 Å². The van der Waals surface area contributed by atoms with E-state index in [1.807, 2.05) is 0 Å². The second-order valence-electron chi connectivity index (χ2n) is 7.79. The zero-order valence-corrected chi connectivity index (χ0v) is 20.0. The summed E-state index contributed by atoms with van der Waals surface area (Å²) in [5.41, 5.74) is 1.55. The fraction of sp³-hybridized carbons (Fsp3) is 0.348. The van der Waals surface area contributed by atoms with Gasteiger partial charge in [0.1, 0.15) is 0 Å². The van der Waals surface area contributed by atoms with Crippen LogP contribution in [0.4, 0.5) is 11.4 Å². The fourth-order valence-corrected chi connectivity index (χ4v) is 4.96. The van der Waals surface area contributed by atoms with Gasteiger partial charge in [-0.1, -0.05) is 6.07 Å². The lowest BCUT2D eigenvalue weighted by atomic mass is 10.1. The zero-order chi connectivity index (χ0) is 24.9. The average Bonchev–Trinajstić information content (AvgIpc) is 2.80. The van der Waals surface area contributed by atoms with E-state index in [4.69, 9.17) is 9.47 Å². The highest BCUT2D eigenvalue weighted by Crippen LogP contribution is 2.23. The second kappa shape index (κ2) is 10.8. The van der Waals surface area contributed by atoms with Crippen molar-refractivity contribution in [2.45, 2.75) is 31.8 Å². The lowest BCUT2D eigenvalue weighted by molar-refractivity contribution is -0.123. The predicted molar refractivity (Wildman–Crippen MR) is 125 cm³/mol. The van der Waals surface area contributed by atoms with Crippen LogP contribution in [-0.4, -0.2) is 62.9 Å². The number of benzene rings is 2. The maximum absolute atomic E-state index is 13.0. The number of ether oxygens (including phenoxy) is 2. The van der Waals surface area contributed by atoms with Crippen LogP contribution in [0.3, 0.4) is 0 Å². The van der Waals surface area contributed by atoms with E-state index in [1.54, 1.807) is 31.2 Å². The molecule has 0 aromatic heterocycles. The number of sulfonamides is 1. The first-order chi connectivity index (χ1) is 16.1. The molecular weight excluding hydrogens is 462 g/mol. The van der Waals surface area contributed by atoms with Crippen molar-refractivity contribution in [3.63, 3.8) is 0 Å². The summed E-state index contributed by atoms with van der Waals surface area (Å²) in [6, 6.07) is 10.7. The SMILES string of the molecule is CC(=O)Nc1ccc(NC(=O)[C@@H](C)OC(=O)c2ccc(C)c(S(=O)(=O)N3CCOCC3)c2)cc1. The molecule has 2 N–H and O–H groups in total. The van der Waals surface area contributed by atoms with Crippen LogP contribution < -0.4 is 10.6 Å². The lowest BCUT2D eigenvalue weighted by Gasteiger charge is -2.26. The fourth-order valence-electron chi connectivity index (χ4n) is 3.30. The number of aryl methyl sites for hydroxylation is 1. The minimum atomic E-state index is -3.81. The second-order valence-corrected chi connectivity index (χ2v) is 9.70. The van der Waals surface area contributed by atoms with Crippen molar-refractivity contribution in [3.05, 3.63) is 53.6 Å². The normalized spacial score (nSPS) is 15.3. The van der Waals surface area contributed by atoms with Gasteiger partial charge in [-0.3, -0.25) is 9.59 Å². The Balaban J connectivity index is 1.67. The number of esters is 1. The van der Waals surface area contributed by atoms with E-state index in [0.717, 1.165) is 0 Å². The summed E-state index contributed by atoms with van der Waals surface area (Å²) in [6.45, 7) is 5.54. The molecule has 34 heavy (non-hydrogen) atoms. The Kier molecular flexibility index (Phi) is 8.02. The molecule has 1 atom stereocenters. The molecule has 2 aromatic rings. The van der Waals surface area contributed by atoms with E-state index >= 15 is 0 Å². The molecule has 1 fully saturated rings. The molecule has 0 bridgehead atoms. The van der Waals surface area contributed by atoms with Crippen LogP contribution in [0.2, 0.25) is 0 Å². The largest absolute Gasteiger partial charge is 0.449 e. The number of hydrogen-bond acceptors (Lipinski definition) is 7. The molecule has 1 saturated heterocycles. The quantitative estimate of drug-likeness (QED) is 0.570. The topological polar surface area (TPSA) is 131 Å². The summed E-state index contributed by atoms with van der Waals surface area (Å²) in [4.78, 5) is 36.2. The standard InChI is InChI=1S/C23H27N3O7S/c1-15-4-5-18(14-21(15)34(30,31)26-10-12-32-13-11-26)23(29)33-16(2)22(28)25-20-8-6-19(7-9-20)24-17(3)27/h4-9,14,16H,10-13H2,1-3H3,(H,24,27)(H,25,28)/t16-/m1/s1. The Morgan fingerprint density at radius 2 is 1.59 bits per heavy atom. The van der Waals surface area contributed by atoms with Crippen LogP contribution in [0.1, 0.15) is 29.8 Å². The Bertz CT molecular complexity index is 1170. The molecule has 0 radical (unpaired) electrons. The molecular formula is C23H27N3O7S. The first-order valence-electron chi connectivity index (χ1n) is 10.7. The number of rotatable bonds is 7. The maximum atomic E-state index is 13.0. The van der Waals surface area contributed by atoms with Gasteiger partial charge in [-0.25, -0.2) is 13.2 Å². The van der Waals surface area contributed by atoms with Gasteiger partial charge in [0.2, 0.25) is 15.9 Å². The molecule has 3 rings (SSSR count). The molecule has 1 aliphatic heterocycles. The van der Waals surface area contributed by atoms with E-state index in [2.05, 4.69) is 10.6 Å². The predicted octanol–water partition coefficient (Wildman–Crippen LogP) is 2.16. The van der Waals surface area contributed by atoms with E-state index in [9.17, 15) is 22.8 Å². The van der Waals surface area contributed by atoms with Crippen LogP contribution in [0.15, 0.2) is 47.4 Å². The van der Waals surface area contributed by atoms with E-state index in [0.29, 0.717) is 30.2 Å². The van der Waals surface area contributed by atoms with E-state index < -0.39 is 28.0 Å². The molecule has 0 aliphatic carbocycles. The van der Waals surface area contributed by atoms with Gasteiger partial charge in [0.25, 0.3) is 5.91 Å². The van der Waals surface area contributed by atoms with Crippen molar-refractivity contribution in [3.8, 4) is 0 Å². The third-order valence-corrected chi connectivity index (χ3v) is 7.18. The number of carbonyl (C=O) groups excluding carboxylic acids is 3. The third kappa shape index (κ3) is 6.19. The van der Waals surface area contributed by atoms with Crippen molar-refractivity contribution < 1.29 is 32.3 Å². The van der Waals surface area contributed by atoms with Gasteiger partial charge in [0.05, 0.1) is 23.7 Å². The zero-order valence-electron chi connectivity index (χ0n) is 19.2. The first-order valence-corrected chi connectivity index (χ1v) is 12.1. The molecule has 1 aliphatic rings. The van der Waals surface area contributed by atoms with Gasteiger partial charge < -0.3 is 20.1 Å². The molecule has 11 heteroatoms. The van der Waals surface area contributed by atoms with E-state index in [1.165, 1.54) is 36.4 Å². The van der Waals surface area contributed by atoms with Crippen molar-refractivity contribution in [1.82, 2.24) is 4.31 Å². The number of carbonyl (C=O) groups is 3. The summed E-state index contributed by atoms with van der Waals surface area (Å²) in [6.07, 6.45) is -1.14. The molecule has 182 valence electrons. The number of anilines is 2. The Morgan fingerprint density at radius 3 is 2.18 bits per heavy atom. The Morgan fingerprint density at radius 1 is 1.00 bits per heavy atom. The Labute approximate surface area is 198 Å². The van der Waals surface area contributed by atoms with E-state index in [-0.39, 0.29) is 29.5 Å². The molecule has 2 aromatic carbocycles. The minimum Gasteiger partial charge on any atom is -0.449 e. The molecule has 0 spiro atoms. The molecule has 1 heterocycles. The van der Waals surface area contributed by atoms with Gasteiger partial charge >= 0.3 is 5.97 Å². The highest BCUT2D eigenvalue weighted by Gasteiger charge is 2.29. The molecule has 0 saturated carbocycles.